The first-order valence-corrected chi connectivity index (χ1v) is 7.60. The monoisotopic (exact) mass is 387 g/mol. The van der Waals surface area contributed by atoms with Gasteiger partial charge < -0.3 is 5.32 Å². The lowest BCUT2D eigenvalue weighted by Gasteiger charge is -2.19. The smallest absolute Gasteiger partial charge is 0.159 e. The van der Waals surface area contributed by atoms with E-state index in [-0.39, 0.29) is 6.04 Å². The van der Waals surface area contributed by atoms with Gasteiger partial charge in [-0.2, -0.15) is 0 Å². The first-order chi connectivity index (χ1) is 9.60. The van der Waals surface area contributed by atoms with Crippen molar-refractivity contribution in [1.29, 1.82) is 0 Å². The highest BCUT2D eigenvalue weighted by Gasteiger charge is 2.13. The number of likely N-dealkylation sites (N-methyl/N-ethyl adjacent to an activating group) is 1. The highest BCUT2D eigenvalue weighted by atomic mass is 127. The Morgan fingerprint density at radius 3 is 2.35 bits per heavy atom. The van der Waals surface area contributed by atoms with Gasteiger partial charge in [-0.3, -0.25) is 0 Å². The largest absolute Gasteiger partial charge is 0.310 e. The van der Waals surface area contributed by atoms with E-state index in [0.29, 0.717) is 0 Å². The van der Waals surface area contributed by atoms with Gasteiger partial charge in [0, 0.05) is 9.61 Å². The number of halogens is 3. The summed E-state index contributed by atoms with van der Waals surface area (Å²) in [5.74, 6) is -1.61. The van der Waals surface area contributed by atoms with Gasteiger partial charge in [-0.15, -0.1) is 0 Å². The van der Waals surface area contributed by atoms with Crippen molar-refractivity contribution in [2.24, 2.45) is 0 Å². The van der Waals surface area contributed by atoms with Gasteiger partial charge in [0.15, 0.2) is 11.6 Å². The molecule has 0 aliphatic rings. The van der Waals surface area contributed by atoms with Crippen LogP contribution in [0.2, 0.25) is 0 Å². The zero-order valence-electron chi connectivity index (χ0n) is 11.2. The van der Waals surface area contributed by atoms with E-state index < -0.39 is 11.6 Å². The van der Waals surface area contributed by atoms with Crippen LogP contribution in [0, 0.1) is 15.2 Å². The molecule has 0 saturated carbocycles. The topological polar surface area (TPSA) is 12.0 Å². The van der Waals surface area contributed by atoms with Crippen molar-refractivity contribution in [2.45, 2.75) is 19.4 Å². The quantitative estimate of drug-likeness (QED) is 0.747. The lowest BCUT2D eigenvalue weighted by molar-refractivity contribution is 0.497. The number of hydrogen-bond donors (Lipinski definition) is 1. The molecule has 2 aromatic rings. The minimum Gasteiger partial charge on any atom is -0.310 e. The summed E-state index contributed by atoms with van der Waals surface area (Å²) in [7, 11) is 0. The van der Waals surface area contributed by atoms with Crippen molar-refractivity contribution in [3.05, 3.63) is 68.8 Å². The summed E-state index contributed by atoms with van der Waals surface area (Å²) in [6, 6.07) is 12.3. The standard InChI is InChI=1S/C16H16F2IN/c1-2-20-16(9-11-3-6-13(19)7-4-11)12-5-8-14(17)15(18)10-12/h3-8,10,16,20H,2,9H2,1H3. The fourth-order valence-electron chi connectivity index (χ4n) is 2.14. The van der Waals surface area contributed by atoms with E-state index in [1.165, 1.54) is 21.3 Å². The lowest BCUT2D eigenvalue weighted by Crippen LogP contribution is -2.23. The molecule has 0 fully saturated rings. The van der Waals surface area contributed by atoms with Crippen LogP contribution >= 0.6 is 22.6 Å². The number of benzene rings is 2. The predicted octanol–water partition coefficient (Wildman–Crippen LogP) is 4.46. The van der Waals surface area contributed by atoms with Crippen LogP contribution in [0.3, 0.4) is 0 Å². The highest BCUT2D eigenvalue weighted by Crippen LogP contribution is 2.21. The second-order valence-corrected chi connectivity index (χ2v) is 5.86. The van der Waals surface area contributed by atoms with Gasteiger partial charge in [-0.05, 0) is 70.9 Å². The molecule has 0 saturated heterocycles. The Morgan fingerprint density at radius 2 is 1.75 bits per heavy atom. The fourth-order valence-corrected chi connectivity index (χ4v) is 2.50. The number of hydrogen-bond acceptors (Lipinski definition) is 1. The Balaban J connectivity index is 2.21. The van der Waals surface area contributed by atoms with Crippen molar-refractivity contribution >= 4 is 22.6 Å². The third-order valence-electron chi connectivity index (χ3n) is 3.15. The molecule has 1 atom stereocenters. The van der Waals surface area contributed by atoms with E-state index >= 15 is 0 Å². The predicted molar refractivity (Wildman–Crippen MR) is 85.6 cm³/mol. The molecule has 1 N–H and O–H groups in total. The molecule has 1 unspecified atom stereocenters. The maximum absolute atomic E-state index is 13.4. The van der Waals surface area contributed by atoms with Gasteiger partial charge in [-0.25, -0.2) is 8.78 Å². The van der Waals surface area contributed by atoms with E-state index in [4.69, 9.17) is 0 Å². The fraction of sp³-hybridized carbons (Fsp3) is 0.250. The Labute approximate surface area is 131 Å². The molecule has 0 aliphatic heterocycles. The van der Waals surface area contributed by atoms with Crippen molar-refractivity contribution < 1.29 is 8.78 Å². The van der Waals surface area contributed by atoms with Crippen LogP contribution in [0.1, 0.15) is 24.1 Å². The van der Waals surface area contributed by atoms with Gasteiger partial charge in [0.1, 0.15) is 0 Å². The van der Waals surface area contributed by atoms with Gasteiger partial charge in [-0.1, -0.05) is 25.1 Å². The van der Waals surface area contributed by atoms with E-state index in [1.54, 1.807) is 6.07 Å². The molecule has 2 rings (SSSR count). The molecule has 0 amide bonds. The van der Waals surface area contributed by atoms with Crippen LogP contribution < -0.4 is 5.32 Å². The summed E-state index contributed by atoms with van der Waals surface area (Å²) >= 11 is 2.26. The normalized spacial score (nSPS) is 12.4. The molecular weight excluding hydrogens is 371 g/mol. The molecule has 0 radical (unpaired) electrons. The van der Waals surface area contributed by atoms with E-state index in [0.717, 1.165) is 18.5 Å². The summed E-state index contributed by atoms with van der Waals surface area (Å²) in [5, 5.41) is 3.32. The lowest BCUT2D eigenvalue weighted by atomic mass is 9.98. The first kappa shape index (κ1) is 15.4. The van der Waals surface area contributed by atoms with Crippen LogP contribution in [0.5, 0.6) is 0 Å². The molecule has 106 valence electrons. The Bertz CT molecular complexity index is 569. The van der Waals surface area contributed by atoms with Crippen LogP contribution in [0.4, 0.5) is 8.78 Å². The molecular formula is C16H16F2IN. The summed E-state index contributed by atoms with van der Waals surface area (Å²) in [6.45, 7) is 2.77. The van der Waals surface area contributed by atoms with Gasteiger partial charge >= 0.3 is 0 Å². The molecule has 4 heteroatoms. The highest BCUT2D eigenvalue weighted by molar-refractivity contribution is 14.1. The Kier molecular flexibility index (Phi) is 5.48. The van der Waals surface area contributed by atoms with E-state index in [1.807, 2.05) is 19.1 Å². The minimum atomic E-state index is -0.807. The first-order valence-electron chi connectivity index (χ1n) is 6.53. The minimum absolute atomic E-state index is 0.0184. The van der Waals surface area contributed by atoms with Crippen molar-refractivity contribution in [3.8, 4) is 0 Å². The zero-order chi connectivity index (χ0) is 14.5. The third kappa shape index (κ3) is 3.99. The van der Waals surface area contributed by atoms with Crippen molar-refractivity contribution in [2.75, 3.05) is 6.54 Å². The van der Waals surface area contributed by atoms with Crippen molar-refractivity contribution in [1.82, 2.24) is 5.32 Å². The van der Waals surface area contributed by atoms with Crippen LogP contribution in [0.25, 0.3) is 0 Å². The molecule has 1 nitrogen and oxygen atoms in total. The number of nitrogens with one attached hydrogen (secondary N) is 1. The van der Waals surface area contributed by atoms with E-state index in [2.05, 4.69) is 40.0 Å². The molecule has 0 aliphatic carbocycles. The average Bonchev–Trinajstić information content (AvgIpc) is 2.44. The van der Waals surface area contributed by atoms with E-state index in [9.17, 15) is 8.78 Å². The van der Waals surface area contributed by atoms with Gasteiger partial charge in [0.05, 0.1) is 0 Å². The third-order valence-corrected chi connectivity index (χ3v) is 3.87. The van der Waals surface area contributed by atoms with Crippen LogP contribution in [-0.2, 0) is 6.42 Å². The van der Waals surface area contributed by atoms with Gasteiger partial charge in [0.25, 0.3) is 0 Å². The maximum atomic E-state index is 13.4. The number of rotatable bonds is 5. The molecule has 20 heavy (non-hydrogen) atoms. The molecule has 0 aromatic heterocycles. The maximum Gasteiger partial charge on any atom is 0.159 e. The SMILES string of the molecule is CCNC(Cc1ccc(I)cc1)c1ccc(F)c(F)c1. The molecule has 2 aromatic carbocycles. The summed E-state index contributed by atoms with van der Waals surface area (Å²) in [4.78, 5) is 0. The summed E-state index contributed by atoms with van der Waals surface area (Å²) in [6.07, 6.45) is 0.746. The second kappa shape index (κ2) is 7.13. The average molecular weight is 387 g/mol. The zero-order valence-corrected chi connectivity index (χ0v) is 13.3. The van der Waals surface area contributed by atoms with Crippen molar-refractivity contribution in [3.63, 3.8) is 0 Å². The molecule has 0 bridgehead atoms. The van der Waals surface area contributed by atoms with Gasteiger partial charge in [0.2, 0.25) is 0 Å². The molecule has 0 spiro atoms. The molecule has 0 heterocycles. The Hall–Kier alpha value is -1.01. The summed E-state index contributed by atoms with van der Waals surface area (Å²) in [5.41, 5.74) is 1.94. The Morgan fingerprint density at radius 1 is 1.05 bits per heavy atom. The van der Waals surface area contributed by atoms with Crippen LogP contribution in [-0.4, -0.2) is 6.54 Å². The summed E-state index contributed by atoms with van der Waals surface area (Å²) < 4.78 is 27.6. The second-order valence-electron chi connectivity index (χ2n) is 4.61. The van der Waals surface area contributed by atoms with Crippen LogP contribution in [0.15, 0.2) is 42.5 Å².